The van der Waals surface area contributed by atoms with Gasteiger partial charge in [-0.3, -0.25) is 9.78 Å². The van der Waals surface area contributed by atoms with E-state index in [0.29, 0.717) is 12.1 Å². The molecule has 0 fully saturated rings. The van der Waals surface area contributed by atoms with Gasteiger partial charge in [-0.25, -0.2) is 4.98 Å². The predicted octanol–water partition coefficient (Wildman–Crippen LogP) is 1.49. The zero-order chi connectivity index (χ0) is 12.6. The van der Waals surface area contributed by atoms with Gasteiger partial charge in [-0.05, 0) is 25.0 Å². The summed E-state index contributed by atoms with van der Waals surface area (Å²) in [5.74, 6) is -0.0416. The summed E-state index contributed by atoms with van der Waals surface area (Å²) in [7, 11) is 0. The number of nitrogens with zero attached hydrogens (tertiary/aromatic N) is 3. The van der Waals surface area contributed by atoms with Gasteiger partial charge in [-0.2, -0.15) is 0 Å². The lowest BCUT2D eigenvalue weighted by Gasteiger charge is -2.05. The summed E-state index contributed by atoms with van der Waals surface area (Å²) >= 11 is 0. The molecule has 1 amide bonds. The molecule has 18 heavy (non-hydrogen) atoms. The highest BCUT2D eigenvalue weighted by atomic mass is 16.1. The van der Waals surface area contributed by atoms with Gasteiger partial charge < -0.3 is 9.88 Å². The maximum Gasteiger partial charge on any atom is 0.251 e. The summed E-state index contributed by atoms with van der Waals surface area (Å²) in [6.07, 6.45) is 10.7. The van der Waals surface area contributed by atoms with Gasteiger partial charge in [-0.15, -0.1) is 0 Å². The number of aromatic nitrogens is 3. The molecule has 0 aromatic carbocycles. The van der Waals surface area contributed by atoms with Gasteiger partial charge in [0.25, 0.3) is 5.91 Å². The van der Waals surface area contributed by atoms with E-state index >= 15 is 0 Å². The van der Waals surface area contributed by atoms with Crippen LogP contribution in [0.4, 0.5) is 0 Å². The van der Waals surface area contributed by atoms with Crippen LogP contribution in [-0.2, 0) is 6.54 Å². The lowest BCUT2D eigenvalue weighted by Crippen LogP contribution is -2.24. The zero-order valence-electron chi connectivity index (χ0n) is 10.1. The Morgan fingerprint density at radius 3 is 2.72 bits per heavy atom. The first-order valence-corrected chi connectivity index (χ1v) is 6.00. The number of pyridine rings is 1. The number of nitrogens with one attached hydrogen (secondary N) is 1. The number of unbranched alkanes of at least 4 members (excludes halogenated alkanes) is 1. The number of carbonyl (C=O) groups is 1. The Morgan fingerprint density at radius 2 is 2.00 bits per heavy atom. The van der Waals surface area contributed by atoms with Gasteiger partial charge in [-0.1, -0.05) is 0 Å². The molecule has 0 saturated heterocycles. The summed E-state index contributed by atoms with van der Waals surface area (Å²) in [6, 6.07) is 3.42. The largest absolute Gasteiger partial charge is 0.352 e. The van der Waals surface area contributed by atoms with Crippen molar-refractivity contribution >= 4 is 5.91 Å². The lowest BCUT2D eigenvalue weighted by atomic mass is 10.2. The first-order chi connectivity index (χ1) is 8.86. The molecule has 0 bridgehead atoms. The Balaban J connectivity index is 1.62. The predicted molar refractivity (Wildman–Crippen MR) is 68.0 cm³/mol. The maximum absolute atomic E-state index is 11.7. The zero-order valence-corrected chi connectivity index (χ0v) is 10.1. The number of hydrogen-bond acceptors (Lipinski definition) is 3. The third kappa shape index (κ3) is 3.69. The molecule has 0 unspecified atom stereocenters. The van der Waals surface area contributed by atoms with E-state index in [0.717, 1.165) is 19.4 Å². The molecule has 2 aromatic heterocycles. The van der Waals surface area contributed by atoms with Crippen LogP contribution in [0.15, 0.2) is 43.2 Å². The van der Waals surface area contributed by atoms with Gasteiger partial charge in [0, 0.05) is 43.4 Å². The Bertz CT molecular complexity index is 467. The second-order valence-corrected chi connectivity index (χ2v) is 4.00. The number of carbonyl (C=O) groups excluding carboxylic acids is 1. The fraction of sp³-hybridized carbons (Fsp3) is 0.308. The van der Waals surface area contributed by atoms with Crippen LogP contribution in [0.3, 0.4) is 0 Å². The highest BCUT2D eigenvalue weighted by molar-refractivity contribution is 5.93. The van der Waals surface area contributed by atoms with Crippen molar-refractivity contribution in [2.75, 3.05) is 6.54 Å². The monoisotopic (exact) mass is 244 g/mol. The van der Waals surface area contributed by atoms with E-state index < -0.39 is 0 Å². The molecule has 0 saturated carbocycles. The van der Waals surface area contributed by atoms with Crippen LogP contribution in [0.5, 0.6) is 0 Å². The average Bonchev–Trinajstić information content (AvgIpc) is 2.92. The summed E-state index contributed by atoms with van der Waals surface area (Å²) < 4.78 is 2.03. The van der Waals surface area contributed by atoms with Crippen LogP contribution >= 0.6 is 0 Å². The number of amides is 1. The minimum atomic E-state index is -0.0416. The van der Waals surface area contributed by atoms with Crippen LogP contribution < -0.4 is 5.32 Å². The first kappa shape index (κ1) is 12.3. The Labute approximate surface area is 106 Å². The lowest BCUT2D eigenvalue weighted by molar-refractivity contribution is 0.0953. The second kappa shape index (κ2) is 6.54. The molecule has 0 aliphatic rings. The molecule has 0 aliphatic heterocycles. The third-order valence-corrected chi connectivity index (χ3v) is 2.63. The summed E-state index contributed by atoms with van der Waals surface area (Å²) in [6.45, 7) is 1.63. The quantitative estimate of drug-likeness (QED) is 0.783. The molecule has 0 atom stereocenters. The smallest absolute Gasteiger partial charge is 0.251 e. The highest BCUT2D eigenvalue weighted by Crippen LogP contribution is 1.97. The van der Waals surface area contributed by atoms with Gasteiger partial charge in [0.05, 0.1) is 6.33 Å². The normalized spacial score (nSPS) is 10.2. The molecule has 0 radical (unpaired) electrons. The summed E-state index contributed by atoms with van der Waals surface area (Å²) in [5.41, 5.74) is 0.652. The van der Waals surface area contributed by atoms with Crippen molar-refractivity contribution < 1.29 is 4.79 Å². The Kier molecular flexibility index (Phi) is 4.46. The molecule has 5 heteroatoms. The number of rotatable bonds is 6. The minimum absolute atomic E-state index is 0.0416. The van der Waals surface area contributed by atoms with Crippen LogP contribution in [0.2, 0.25) is 0 Å². The maximum atomic E-state index is 11.7. The first-order valence-electron chi connectivity index (χ1n) is 6.00. The van der Waals surface area contributed by atoms with Crippen LogP contribution in [0.1, 0.15) is 23.2 Å². The van der Waals surface area contributed by atoms with Gasteiger partial charge >= 0.3 is 0 Å². The fourth-order valence-electron chi connectivity index (χ4n) is 1.65. The van der Waals surface area contributed by atoms with E-state index in [1.54, 1.807) is 37.1 Å². The Hall–Kier alpha value is -2.17. The summed E-state index contributed by atoms with van der Waals surface area (Å²) in [5, 5.41) is 2.89. The number of imidazole rings is 1. The molecule has 2 rings (SSSR count). The van der Waals surface area contributed by atoms with Crippen LogP contribution in [0, 0.1) is 0 Å². The molecule has 0 aliphatic carbocycles. The highest BCUT2D eigenvalue weighted by Gasteiger charge is 2.02. The van der Waals surface area contributed by atoms with Crippen molar-refractivity contribution in [2.24, 2.45) is 0 Å². The molecule has 0 spiro atoms. The van der Waals surface area contributed by atoms with Gasteiger partial charge in [0.2, 0.25) is 0 Å². The van der Waals surface area contributed by atoms with Crippen LogP contribution in [-0.4, -0.2) is 27.0 Å². The van der Waals surface area contributed by atoms with E-state index in [4.69, 9.17) is 0 Å². The van der Waals surface area contributed by atoms with E-state index in [9.17, 15) is 4.79 Å². The van der Waals surface area contributed by atoms with E-state index in [1.165, 1.54) is 0 Å². The molecule has 94 valence electrons. The number of aryl methyl sites for hydroxylation is 1. The van der Waals surface area contributed by atoms with Crippen molar-refractivity contribution in [3.05, 3.63) is 48.8 Å². The topological polar surface area (TPSA) is 59.8 Å². The van der Waals surface area contributed by atoms with Crippen molar-refractivity contribution in [1.29, 1.82) is 0 Å². The van der Waals surface area contributed by atoms with Crippen molar-refractivity contribution in [3.63, 3.8) is 0 Å². The van der Waals surface area contributed by atoms with E-state index in [-0.39, 0.29) is 5.91 Å². The molecule has 1 N–H and O–H groups in total. The van der Waals surface area contributed by atoms with Gasteiger partial charge in [0.15, 0.2) is 0 Å². The standard InChI is InChI=1S/C13H16N4O/c18-13(12-3-6-14-7-4-12)16-5-1-2-9-17-10-8-15-11-17/h3-4,6-8,10-11H,1-2,5,9H2,(H,16,18). The van der Waals surface area contributed by atoms with Crippen LogP contribution in [0.25, 0.3) is 0 Å². The SMILES string of the molecule is O=C(NCCCCn1ccnc1)c1ccncc1. The molecule has 2 heterocycles. The summed E-state index contributed by atoms with van der Waals surface area (Å²) in [4.78, 5) is 19.5. The van der Waals surface area contributed by atoms with E-state index in [2.05, 4.69) is 15.3 Å². The minimum Gasteiger partial charge on any atom is -0.352 e. The fourth-order valence-corrected chi connectivity index (χ4v) is 1.65. The van der Waals surface area contributed by atoms with Crippen molar-refractivity contribution in [2.45, 2.75) is 19.4 Å². The van der Waals surface area contributed by atoms with E-state index in [1.807, 2.05) is 10.8 Å². The molecular formula is C13H16N4O. The molecule has 2 aromatic rings. The number of hydrogen-bond donors (Lipinski definition) is 1. The molecule has 5 nitrogen and oxygen atoms in total. The van der Waals surface area contributed by atoms with Crippen molar-refractivity contribution in [1.82, 2.24) is 19.9 Å². The average molecular weight is 244 g/mol. The second-order valence-electron chi connectivity index (χ2n) is 4.00. The van der Waals surface area contributed by atoms with Crippen molar-refractivity contribution in [3.8, 4) is 0 Å². The third-order valence-electron chi connectivity index (χ3n) is 2.63. The van der Waals surface area contributed by atoms with Gasteiger partial charge in [0.1, 0.15) is 0 Å². The Morgan fingerprint density at radius 1 is 1.17 bits per heavy atom. The molecular weight excluding hydrogens is 228 g/mol.